The fraction of sp³-hybridized carbons (Fsp3) is 0.650. The zero-order valence-corrected chi connectivity index (χ0v) is 17.2. The number of methoxy groups -OCH3 is 1. The standard InChI is InChI=1S/C20H24BrF3N2O/c1-13-25-19(11-26(13)12-20(22,23)24)17-9-15(21)4-3-14(17)10-18(19)7-5-16(27-2)6-8-18/h3-4,9,16H,5-8,10-12H2,1-2H3. The molecule has 0 aromatic heterocycles. The number of ether oxygens (including phenoxy) is 1. The van der Waals surface area contributed by atoms with Crippen LogP contribution >= 0.6 is 15.9 Å². The highest BCUT2D eigenvalue weighted by Crippen LogP contribution is 2.61. The first-order valence-electron chi connectivity index (χ1n) is 9.38. The third kappa shape index (κ3) is 3.11. The summed E-state index contributed by atoms with van der Waals surface area (Å²) in [5.41, 5.74) is 1.59. The molecule has 1 aromatic carbocycles. The second-order valence-electron chi connectivity index (χ2n) is 8.18. The summed E-state index contributed by atoms with van der Waals surface area (Å²) in [6.45, 7) is 1.08. The number of halogens is 4. The maximum absolute atomic E-state index is 13.1. The molecule has 7 heteroatoms. The molecule has 0 N–H and O–H groups in total. The molecule has 1 fully saturated rings. The number of hydrogen-bond donors (Lipinski definition) is 0. The Morgan fingerprint density at radius 3 is 2.63 bits per heavy atom. The third-order valence-corrected chi connectivity index (χ3v) is 7.24. The van der Waals surface area contributed by atoms with E-state index in [1.165, 1.54) is 10.5 Å². The van der Waals surface area contributed by atoms with Crippen molar-refractivity contribution in [2.45, 2.75) is 56.8 Å². The Balaban J connectivity index is 1.77. The quantitative estimate of drug-likeness (QED) is 0.635. The first-order chi connectivity index (χ1) is 12.7. The van der Waals surface area contributed by atoms with E-state index in [1.54, 1.807) is 14.0 Å². The highest BCUT2D eigenvalue weighted by molar-refractivity contribution is 9.10. The van der Waals surface area contributed by atoms with Gasteiger partial charge in [-0.2, -0.15) is 13.2 Å². The maximum Gasteiger partial charge on any atom is 0.405 e. The van der Waals surface area contributed by atoms with Gasteiger partial charge in [-0.3, -0.25) is 4.99 Å². The minimum atomic E-state index is -4.23. The fourth-order valence-electron chi connectivity index (χ4n) is 5.45. The minimum Gasteiger partial charge on any atom is -0.381 e. The van der Waals surface area contributed by atoms with Gasteiger partial charge in [0.1, 0.15) is 12.1 Å². The van der Waals surface area contributed by atoms with Crippen LogP contribution in [0, 0.1) is 5.41 Å². The second kappa shape index (κ2) is 6.48. The summed E-state index contributed by atoms with van der Waals surface area (Å²) < 4.78 is 45.9. The van der Waals surface area contributed by atoms with Crippen molar-refractivity contribution in [1.82, 2.24) is 4.90 Å². The lowest BCUT2D eigenvalue weighted by Gasteiger charge is -2.46. The lowest BCUT2D eigenvalue weighted by molar-refractivity contribution is -0.139. The average molecular weight is 445 g/mol. The fourth-order valence-corrected chi connectivity index (χ4v) is 5.81. The van der Waals surface area contributed by atoms with Gasteiger partial charge < -0.3 is 9.64 Å². The summed E-state index contributed by atoms with van der Waals surface area (Å²) in [7, 11) is 1.74. The predicted molar refractivity (Wildman–Crippen MR) is 102 cm³/mol. The summed E-state index contributed by atoms with van der Waals surface area (Å²) in [5.74, 6) is 0.494. The Morgan fingerprint density at radius 1 is 1.30 bits per heavy atom. The van der Waals surface area contributed by atoms with Crippen molar-refractivity contribution in [2.75, 3.05) is 20.2 Å². The first kappa shape index (κ1) is 19.2. The molecule has 0 saturated heterocycles. The van der Waals surface area contributed by atoms with Crippen molar-refractivity contribution in [2.24, 2.45) is 10.4 Å². The van der Waals surface area contributed by atoms with E-state index in [4.69, 9.17) is 9.73 Å². The summed E-state index contributed by atoms with van der Waals surface area (Å²) in [5, 5.41) is 0. The van der Waals surface area contributed by atoms with E-state index in [1.807, 2.05) is 6.07 Å². The van der Waals surface area contributed by atoms with Crippen LogP contribution in [0.1, 0.15) is 43.7 Å². The molecule has 2 aliphatic carbocycles. The van der Waals surface area contributed by atoms with Gasteiger partial charge in [-0.15, -0.1) is 0 Å². The van der Waals surface area contributed by atoms with E-state index < -0.39 is 18.3 Å². The molecule has 1 atom stereocenters. The summed E-state index contributed by atoms with van der Waals surface area (Å²) in [4.78, 5) is 6.39. The molecule has 27 heavy (non-hydrogen) atoms. The zero-order chi connectivity index (χ0) is 19.4. The zero-order valence-electron chi connectivity index (χ0n) is 15.6. The lowest BCUT2D eigenvalue weighted by Crippen LogP contribution is -2.49. The lowest BCUT2D eigenvalue weighted by atomic mass is 9.61. The topological polar surface area (TPSA) is 24.8 Å². The molecule has 3 nitrogen and oxygen atoms in total. The number of fused-ring (bicyclic) bond motifs is 3. The van der Waals surface area contributed by atoms with Crippen LogP contribution in [0.15, 0.2) is 27.7 Å². The van der Waals surface area contributed by atoms with E-state index in [9.17, 15) is 13.2 Å². The van der Waals surface area contributed by atoms with Crippen LogP contribution in [0.2, 0.25) is 0 Å². The largest absolute Gasteiger partial charge is 0.405 e. The first-order valence-corrected chi connectivity index (χ1v) is 10.2. The number of amidine groups is 1. The number of rotatable bonds is 2. The van der Waals surface area contributed by atoms with E-state index in [2.05, 4.69) is 28.1 Å². The van der Waals surface area contributed by atoms with Crippen molar-refractivity contribution in [3.63, 3.8) is 0 Å². The number of alkyl halides is 3. The monoisotopic (exact) mass is 444 g/mol. The van der Waals surface area contributed by atoms with E-state index in [0.717, 1.165) is 42.1 Å². The van der Waals surface area contributed by atoms with Gasteiger partial charge in [0.05, 0.1) is 11.9 Å². The molecule has 0 bridgehead atoms. The molecule has 148 valence electrons. The van der Waals surface area contributed by atoms with Crippen LogP contribution in [0.3, 0.4) is 0 Å². The summed E-state index contributed by atoms with van der Waals surface area (Å²) in [6.07, 6.45) is 0.594. The van der Waals surface area contributed by atoms with E-state index in [0.29, 0.717) is 12.4 Å². The van der Waals surface area contributed by atoms with Crippen molar-refractivity contribution in [3.05, 3.63) is 33.8 Å². The van der Waals surface area contributed by atoms with Crippen LogP contribution in [0.5, 0.6) is 0 Å². The van der Waals surface area contributed by atoms with Crippen LogP contribution in [0.4, 0.5) is 13.2 Å². The highest BCUT2D eigenvalue weighted by Gasteiger charge is 2.61. The molecule has 1 aliphatic heterocycles. The third-order valence-electron chi connectivity index (χ3n) is 6.75. The molecule has 2 spiro atoms. The summed E-state index contributed by atoms with van der Waals surface area (Å²) >= 11 is 3.55. The smallest absolute Gasteiger partial charge is 0.381 e. The molecule has 3 aliphatic rings. The number of hydrogen-bond acceptors (Lipinski definition) is 3. The minimum absolute atomic E-state index is 0.132. The van der Waals surface area contributed by atoms with Gasteiger partial charge in [0, 0.05) is 23.5 Å². The van der Waals surface area contributed by atoms with Gasteiger partial charge in [0.15, 0.2) is 0 Å². The predicted octanol–water partition coefficient (Wildman–Crippen LogP) is 5.07. The van der Waals surface area contributed by atoms with Gasteiger partial charge in [-0.05, 0) is 62.3 Å². The number of nitrogens with zero attached hydrogens (tertiary/aromatic N) is 2. The van der Waals surface area contributed by atoms with Crippen LogP contribution in [-0.4, -0.2) is 43.2 Å². The maximum atomic E-state index is 13.1. The Hall–Kier alpha value is -1.08. The van der Waals surface area contributed by atoms with Crippen molar-refractivity contribution < 1.29 is 17.9 Å². The highest BCUT2D eigenvalue weighted by atomic mass is 79.9. The Bertz CT molecular complexity index is 771. The van der Waals surface area contributed by atoms with Gasteiger partial charge in [-0.1, -0.05) is 22.0 Å². The molecule has 1 saturated carbocycles. The van der Waals surface area contributed by atoms with Gasteiger partial charge in [0.2, 0.25) is 0 Å². The second-order valence-corrected chi connectivity index (χ2v) is 9.10. The van der Waals surface area contributed by atoms with Crippen molar-refractivity contribution >= 4 is 21.8 Å². The van der Waals surface area contributed by atoms with Crippen molar-refractivity contribution in [3.8, 4) is 0 Å². The number of aliphatic imine (C=N–C) groups is 1. The molecular formula is C20H24BrF3N2O. The molecule has 1 heterocycles. The molecule has 0 amide bonds. The SMILES string of the molecule is COC1CCC2(CC1)Cc1ccc(Br)cc1C21CN(CC(F)(F)F)C(C)=N1. The number of benzene rings is 1. The molecule has 0 radical (unpaired) electrons. The average Bonchev–Trinajstić information content (AvgIpc) is 3.04. The van der Waals surface area contributed by atoms with Crippen molar-refractivity contribution in [1.29, 1.82) is 0 Å². The molecular weight excluding hydrogens is 421 g/mol. The molecule has 1 unspecified atom stereocenters. The Kier molecular flexibility index (Phi) is 4.62. The van der Waals surface area contributed by atoms with E-state index >= 15 is 0 Å². The van der Waals surface area contributed by atoms with Gasteiger partial charge in [0.25, 0.3) is 0 Å². The van der Waals surface area contributed by atoms with E-state index in [-0.39, 0.29) is 11.5 Å². The molecule has 1 aromatic rings. The molecule has 4 rings (SSSR count). The van der Waals surface area contributed by atoms with Crippen LogP contribution < -0.4 is 0 Å². The van der Waals surface area contributed by atoms with Gasteiger partial charge in [-0.25, -0.2) is 0 Å². The normalized spacial score (nSPS) is 33.0. The van der Waals surface area contributed by atoms with Crippen LogP contribution in [-0.2, 0) is 16.7 Å². The van der Waals surface area contributed by atoms with Gasteiger partial charge >= 0.3 is 6.18 Å². The van der Waals surface area contributed by atoms with Crippen LogP contribution in [0.25, 0.3) is 0 Å². The Morgan fingerprint density at radius 2 is 2.00 bits per heavy atom. The summed E-state index contributed by atoms with van der Waals surface area (Å²) in [6, 6.07) is 6.20. The Labute approximate surface area is 166 Å².